The fourth-order valence-electron chi connectivity index (χ4n) is 2.58. The number of nitrogens with one attached hydrogen (secondary N) is 1. The highest BCUT2D eigenvalue weighted by molar-refractivity contribution is 5.83. The van der Waals surface area contributed by atoms with Crippen molar-refractivity contribution >= 4 is 16.7 Å². The summed E-state index contributed by atoms with van der Waals surface area (Å²) < 4.78 is 5.17. The van der Waals surface area contributed by atoms with E-state index in [-0.39, 0.29) is 5.91 Å². The molecule has 3 aromatic carbocycles. The van der Waals surface area contributed by atoms with E-state index in [1.165, 1.54) is 10.8 Å². The predicted molar refractivity (Wildman–Crippen MR) is 92.5 cm³/mol. The van der Waals surface area contributed by atoms with Crippen LogP contribution in [0.1, 0.15) is 11.1 Å². The van der Waals surface area contributed by atoms with E-state index in [0.29, 0.717) is 13.0 Å². The topological polar surface area (TPSA) is 38.3 Å². The molecule has 0 aliphatic carbocycles. The van der Waals surface area contributed by atoms with Gasteiger partial charge in [0.2, 0.25) is 5.91 Å². The number of hydrogen-bond donors (Lipinski definition) is 1. The number of carbonyl (C=O) groups excluding carboxylic acids is 1. The van der Waals surface area contributed by atoms with E-state index in [9.17, 15) is 4.79 Å². The van der Waals surface area contributed by atoms with Gasteiger partial charge in [-0.3, -0.25) is 4.79 Å². The van der Waals surface area contributed by atoms with Crippen molar-refractivity contribution in [1.82, 2.24) is 5.32 Å². The molecule has 3 aromatic rings. The van der Waals surface area contributed by atoms with Gasteiger partial charge in [-0.25, -0.2) is 0 Å². The SMILES string of the molecule is COc1cccc(CC(=O)NCc2ccc3ccccc3c2)c1. The number of carbonyl (C=O) groups is 1. The smallest absolute Gasteiger partial charge is 0.224 e. The van der Waals surface area contributed by atoms with Crippen LogP contribution < -0.4 is 10.1 Å². The zero-order chi connectivity index (χ0) is 16.1. The molecule has 116 valence electrons. The van der Waals surface area contributed by atoms with Crippen molar-refractivity contribution < 1.29 is 9.53 Å². The average Bonchev–Trinajstić information content (AvgIpc) is 2.60. The van der Waals surface area contributed by atoms with Crippen LogP contribution in [-0.4, -0.2) is 13.0 Å². The van der Waals surface area contributed by atoms with Gasteiger partial charge in [-0.1, -0.05) is 48.5 Å². The Morgan fingerprint density at radius 3 is 2.57 bits per heavy atom. The molecule has 0 saturated carbocycles. The van der Waals surface area contributed by atoms with E-state index in [2.05, 4.69) is 29.6 Å². The first kappa shape index (κ1) is 15.1. The largest absolute Gasteiger partial charge is 0.497 e. The van der Waals surface area contributed by atoms with Gasteiger partial charge in [-0.05, 0) is 40.1 Å². The minimum Gasteiger partial charge on any atom is -0.497 e. The Balaban J connectivity index is 1.61. The Morgan fingerprint density at radius 2 is 1.74 bits per heavy atom. The molecule has 0 fully saturated rings. The fourth-order valence-corrected chi connectivity index (χ4v) is 2.58. The van der Waals surface area contributed by atoms with Crippen molar-refractivity contribution in [3.05, 3.63) is 77.9 Å². The van der Waals surface area contributed by atoms with Crippen LogP contribution in [0.5, 0.6) is 5.75 Å². The number of benzene rings is 3. The van der Waals surface area contributed by atoms with Crippen LogP contribution in [0.4, 0.5) is 0 Å². The van der Waals surface area contributed by atoms with Crippen LogP contribution in [0.3, 0.4) is 0 Å². The zero-order valence-corrected chi connectivity index (χ0v) is 13.1. The third-order valence-electron chi connectivity index (χ3n) is 3.80. The minimum absolute atomic E-state index is 0.00594. The molecule has 3 rings (SSSR count). The molecule has 23 heavy (non-hydrogen) atoms. The summed E-state index contributed by atoms with van der Waals surface area (Å²) in [5.41, 5.74) is 2.04. The molecule has 1 N–H and O–H groups in total. The van der Waals surface area contributed by atoms with E-state index in [1.54, 1.807) is 7.11 Å². The van der Waals surface area contributed by atoms with Gasteiger partial charge < -0.3 is 10.1 Å². The molecule has 0 heterocycles. The molecular weight excluding hydrogens is 286 g/mol. The number of amides is 1. The first-order chi connectivity index (χ1) is 11.2. The Hall–Kier alpha value is -2.81. The molecule has 0 aliphatic heterocycles. The van der Waals surface area contributed by atoms with Crippen LogP contribution in [0.2, 0.25) is 0 Å². The second kappa shape index (κ2) is 6.97. The van der Waals surface area contributed by atoms with Crippen LogP contribution in [0, 0.1) is 0 Å². The van der Waals surface area contributed by atoms with E-state index in [0.717, 1.165) is 16.9 Å². The van der Waals surface area contributed by atoms with Crippen LogP contribution in [0.15, 0.2) is 66.7 Å². The van der Waals surface area contributed by atoms with Crippen molar-refractivity contribution in [1.29, 1.82) is 0 Å². The summed E-state index contributed by atoms with van der Waals surface area (Å²) >= 11 is 0. The molecule has 0 aliphatic rings. The molecule has 1 amide bonds. The van der Waals surface area contributed by atoms with Crippen molar-refractivity contribution in [2.24, 2.45) is 0 Å². The number of fused-ring (bicyclic) bond motifs is 1. The molecule has 3 nitrogen and oxygen atoms in total. The quantitative estimate of drug-likeness (QED) is 0.780. The molecule has 0 spiro atoms. The summed E-state index contributed by atoms with van der Waals surface area (Å²) in [5, 5.41) is 5.36. The van der Waals surface area contributed by atoms with Crippen LogP contribution in [-0.2, 0) is 17.8 Å². The van der Waals surface area contributed by atoms with Gasteiger partial charge in [0.1, 0.15) is 5.75 Å². The summed E-state index contributed by atoms with van der Waals surface area (Å²) in [5.74, 6) is 0.774. The highest BCUT2D eigenvalue weighted by atomic mass is 16.5. The zero-order valence-electron chi connectivity index (χ0n) is 13.1. The first-order valence-electron chi connectivity index (χ1n) is 7.62. The highest BCUT2D eigenvalue weighted by Crippen LogP contribution is 2.16. The number of ether oxygens (including phenoxy) is 1. The van der Waals surface area contributed by atoms with Crippen molar-refractivity contribution in [2.45, 2.75) is 13.0 Å². The number of methoxy groups -OCH3 is 1. The molecule has 0 atom stereocenters. The van der Waals surface area contributed by atoms with Gasteiger partial charge in [0.05, 0.1) is 13.5 Å². The third kappa shape index (κ3) is 3.89. The van der Waals surface area contributed by atoms with Gasteiger partial charge in [0.25, 0.3) is 0 Å². The van der Waals surface area contributed by atoms with Crippen LogP contribution >= 0.6 is 0 Å². The van der Waals surface area contributed by atoms with Gasteiger partial charge in [-0.2, -0.15) is 0 Å². The maximum absolute atomic E-state index is 12.1. The Kier molecular flexibility index (Phi) is 4.57. The van der Waals surface area contributed by atoms with Crippen molar-refractivity contribution in [2.75, 3.05) is 7.11 Å². The van der Waals surface area contributed by atoms with E-state index in [1.807, 2.05) is 42.5 Å². The molecule has 0 radical (unpaired) electrons. The molecule has 0 bridgehead atoms. The summed E-state index contributed by atoms with van der Waals surface area (Å²) in [4.78, 5) is 12.1. The highest BCUT2D eigenvalue weighted by Gasteiger charge is 2.05. The second-order valence-corrected chi connectivity index (χ2v) is 5.49. The van der Waals surface area contributed by atoms with Crippen molar-refractivity contribution in [3.63, 3.8) is 0 Å². The lowest BCUT2D eigenvalue weighted by atomic mass is 10.1. The molecule has 0 unspecified atom stereocenters. The normalized spacial score (nSPS) is 10.5. The Labute approximate surface area is 135 Å². The predicted octanol–water partition coefficient (Wildman–Crippen LogP) is 3.71. The summed E-state index contributed by atoms with van der Waals surface area (Å²) in [6, 6.07) is 22.0. The fraction of sp³-hybridized carbons (Fsp3) is 0.150. The maximum Gasteiger partial charge on any atom is 0.224 e. The minimum atomic E-state index is 0.00594. The number of rotatable bonds is 5. The standard InChI is InChI=1S/C20H19NO2/c1-23-19-8-4-5-15(12-19)13-20(22)21-14-16-9-10-17-6-2-3-7-18(17)11-16/h2-12H,13-14H2,1H3,(H,21,22). The van der Waals surface area contributed by atoms with Gasteiger partial charge in [0.15, 0.2) is 0 Å². The summed E-state index contributed by atoms with van der Waals surface area (Å²) in [7, 11) is 1.62. The van der Waals surface area contributed by atoms with Gasteiger partial charge in [0, 0.05) is 6.54 Å². The van der Waals surface area contributed by atoms with E-state index < -0.39 is 0 Å². The second-order valence-electron chi connectivity index (χ2n) is 5.49. The monoisotopic (exact) mass is 305 g/mol. The van der Waals surface area contributed by atoms with E-state index in [4.69, 9.17) is 4.74 Å². The van der Waals surface area contributed by atoms with Gasteiger partial charge >= 0.3 is 0 Å². The Morgan fingerprint density at radius 1 is 0.913 bits per heavy atom. The molecule has 0 saturated heterocycles. The maximum atomic E-state index is 12.1. The molecule has 3 heteroatoms. The lowest BCUT2D eigenvalue weighted by Gasteiger charge is -2.08. The Bertz CT molecular complexity index is 826. The summed E-state index contributed by atoms with van der Waals surface area (Å²) in [6.07, 6.45) is 0.352. The van der Waals surface area contributed by atoms with Gasteiger partial charge in [-0.15, -0.1) is 0 Å². The lowest BCUT2D eigenvalue weighted by Crippen LogP contribution is -2.24. The average molecular weight is 305 g/mol. The number of hydrogen-bond acceptors (Lipinski definition) is 2. The molecular formula is C20H19NO2. The van der Waals surface area contributed by atoms with Crippen molar-refractivity contribution in [3.8, 4) is 5.75 Å². The summed E-state index contributed by atoms with van der Waals surface area (Å²) in [6.45, 7) is 0.535. The lowest BCUT2D eigenvalue weighted by molar-refractivity contribution is -0.120. The van der Waals surface area contributed by atoms with Crippen LogP contribution in [0.25, 0.3) is 10.8 Å². The molecule has 0 aromatic heterocycles. The van der Waals surface area contributed by atoms with E-state index >= 15 is 0 Å². The first-order valence-corrected chi connectivity index (χ1v) is 7.62. The third-order valence-corrected chi connectivity index (χ3v) is 3.80.